The van der Waals surface area contributed by atoms with Crippen LogP contribution in [0.25, 0.3) is 0 Å². The van der Waals surface area contributed by atoms with Crippen LogP contribution in [0, 0.1) is 5.92 Å². The van der Waals surface area contributed by atoms with E-state index in [-0.39, 0.29) is 11.8 Å². The molecule has 0 radical (unpaired) electrons. The molecule has 0 spiro atoms. The molecule has 2 heterocycles. The Kier molecular flexibility index (Phi) is 5.02. The molecule has 1 atom stereocenters. The molecule has 1 amide bonds. The highest BCUT2D eigenvalue weighted by molar-refractivity contribution is 5.78. The first-order chi connectivity index (χ1) is 9.16. The van der Waals surface area contributed by atoms with E-state index in [1.54, 1.807) is 0 Å². The Hall–Kier alpha value is -1.29. The molecule has 1 saturated heterocycles. The first-order valence-corrected chi connectivity index (χ1v) is 7.29. The number of rotatable bonds is 5. The van der Waals surface area contributed by atoms with Crippen molar-refractivity contribution in [3.8, 4) is 0 Å². The second-order valence-corrected chi connectivity index (χ2v) is 5.64. The maximum Gasteiger partial charge on any atom is 0.224 e. The fourth-order valence-electron chi connectivity index (χ4n) is 2.66. The summed E-state index contributed by atoms with van der Waals surface area (Å²) in [5, 5.41) is 3.06. The van der Waals surface area contributed by atoms with Crippen molar-refractivity contribution in [2.45, 2.75) is 39.3 Å². The molecule has 106 valence electrons. The van der Waals surface area contributed by atoms with E-state index in [0.717, 1.165) is 32.5 Å². The summed E-state index contributed by atoms with van der Waals surface area (Å²) in [4.78, 5) is 14.6. The largest absolute Gasteiger partial charge is 0.354 e. The molecule has 1 aliphatic rings. The maximum atomic E-state index is 12.1. The van der Waals surface area contributed by atoms with Crippen LogP contribution >= 0.6 is 0 Å². The van der Waals surface area contributed by atoms with Crippen molar-refractivity contribution in [1.29, 1.82) is 0 Å². The fourth-order valence-corrected chi connectivity index (χ4v) is 2.66. The number of carbonyl (C=O) groups excluding carboxylic acids is 1. The summed E-state index contributed by atoms with van der Waals surface area (Å²) >= 11 is 0. The van der Waals surface area contributed by atoms with Crippen LogP contribution in [0.2, 0.25) is 0 Å². The Labute approximate surface area is 115 Å². The quantitative estimate of drug-likeness (QED) is 0.878. The molecule has 1 aliphatic heterocycles. The second kappa shape index (κ2) is 6.75. The predicted molar refractivity (Wildman–Crippen MR) is 76.9 cm³/mol. The smallest absolute Gasteiger partial charge is 0.224 e. The zero-order chi connectivity index (χ0) is 13.7. The topological polar surface area (TPSA) is 37.3 Å². The van der Waals surface area contributed by atoms with Crippen molar-refractivity contribution in [2.75, 3.05) is 19.6 Å². The van der Waals surface area contributed by atoms with Crippen molar-refractivity contribution in [3.63, 3.8) is 0 Å². The van der Waals surface area contributed by atoms with Crippen LogP contribution in [0.4, 0.5) is 0 Å². The number of hydrogen-bond acceptors (Lipinski definition) is 2. The van der Waals surface area contributed by atoms with Crippen LogP contribution in [0.3, 0.4) is 0 Å². The highest BCUT2D eigenvalue weighted by Crippen LogP contribution is 2.18. The van der Waals surface area contributed by atoms with Gasteiger partial charge in [-0.2, -0.15) is 0 Å². The molecule has 4 heteroatoms. The molecule has 0 aromatic carbocycles. The lowest BCUT2D eigenvalue weighted by molar-refractivity contribution is -0.126. The molecule has 4 nitrogen and oxygen atoms in total. The van der Waals surface area contributed by atoms with Crippen LogP contribution in [0.5, 0.6) is 0 Å². The minimum atomic E-state index is 0.167. The maximum absolute atomic E-state index is 12.1. The third kappa shape index (κ3) is 4.10. The van der Waals surface area contributed by atoms with E-state index in [1.807, 2.05) is 24.5 Å². The Morgan fingerprint density at radius 3 is 2.79 bits per heavy atom. The molecule has 1 N–H and O–H groups in total. The third-order valence-corrected chi connectivity index (χ3v) is 3.89. The summed E-state index contributed by atoms with van der Waals surface area (Å²) in [6.07, 6.45) is 6.20. The molecule has 0 aliphatic carbocycles. The SMILES string of the molecule is CC(C)N1CCC[C@@H](C(=O)NCCn2cccc2)C1. The highest BCUT2D eigenvalue weighted by atomic mass is 16.1. The van der Waals surface area contributed by atoms with E-state index in [1.165, 1.54) is 0 Å². The van der Waals surface area contributed by atoms with Gasteiger partial charge in [-0.3, -0.25) is 4.79 Å². The minimum Gasteiger partial charge on any atom is -0.354 e. The van der Waals surface area contributed by atoms with Crippen LogP contribution in [-0.4, -0.2) is 41.1 Å². The Morgan fingerprint density at radius 2 is 2.11 bits per heavy atom. The lowest BCUT2D eigenvalue weighted by Crippen LogP contribution is -2.45. The number of nitrogens with zero attached hydrogens (tertiary/aromatic N) is 2. The van der Waals surface area contributed by atoms with Gasteiger partial charge in [-0.1, -0.05) is 0 Å². The van der Waals surface area contributed by atoms with Crippen molar-refractivity contribution in [3.05, 3.63) is 24.5 Å². The Balaban J connectivity index is 1.73. The molecule has 0 bridgehead atoms. The van der Waals surface area contributed by atoms with Crippen LogP contribution in [0.15, 0.2) is 24.5 Å². The van der Waals surface area contributed by atoms with Gasteiger partial charge in [0.2, 0.25) is 5.91 Å². The number of likely N-dealkylation sites (tertiary alicyclic amines) is 1. The van der Waals surface area contributed by atoms with Crippen LogP contribution < -0.4 is 5.32 Å². The van der Waals surface area contributed by atoms with E-state index >= 15 is 0 Å². The van der Waals surface area contributed by atoms with Crippen molar-refractivity contribution in [2.24, 2.45) is 5.92 Å². The zero-order valence-corrected chi connectivity index (χ0v) is 12.0. The average Bonchev–Trinajstić information content (AvgIpc) is 2.92. The molecule has 1 fully saturated rings. The van der Waals surface area contributed by atoms with E-state index in [2.05, 4.69) is 28.6 Å². The fraction of sp³-hybridized carbons (Fsp3) is 0.667. The number of nitrogens with one attached hydrogen (secondary N) is 1. The Bertz CT molecular complexity index is 386. The Morgan fingerprint density at radius 1 is 1.37 bits per heavy atom. The minimum absolute atomic E-state index is 0.167. The van der Waals surface area contributed by atoms with Crippen molar-refractivity contribution >= 4 is 5.91 Å². The monoisotopic (exact) mass is 263 g/mol. The summed E-state index contributed by atoms with van der Waals surface area (Å²) in [6.45, 7) is 8.00. The predicted octanol–water partition coefficient (Wildman–Crippen LogP) is 1.72. The number of carbonyl (C=O) groups is 1. The second-order valence-electron chi connectivity index (χ2n) is 5.64. The molecule has 19 heavy (non-hydrogen) atoms. The van der Waals surface area contributed by atoms with Gasteiger partial charge >= 0.3 is 0 Å². The molecule has 0 saturated carbocycles. The lowest BCUT2D eigenvalue weighted by Gasteiger charge is -2.34. The number of amides is 1. The van der Waals surface area contributed by atoms with Gasteiger partial charge in [0.05, 0.1) is 5.92 Å². The van der Waals surface area contributed by atoms with E-state index in [0.29, 0.717) is 12.6 Å². The van der Waals surface area contributed by atoms with Gasteiger partial charge in [-0.15, -0.1) is 0 Å². The lowest BCUT2D eigenvalue weighted by atomic mass is 9.96. The van der Waals surface area contributed by atoms with Gasteiger partial charge in [0.15, 0.2) is 0 Å². The first-order valence-electron chi connectivity index (χ1n) is 7.29. The summed E-state index contributed by atoms with van der Waals surface area (Å²) in [6, 6.07) is 4.54. The van der Waals surface area contributed by atoms with E-state index in [9.17, 15) is 4.79 Å². The normalized spacial score (nSPS) is 20.7. The molecule has 0 unspecified atom stereocenters. The molecular weight excluding hydrogens is 238 g/mol. The first kappa shape index (κ1) is 14.1. The molecule has 1 aromatic heterocycles. The molecule has 2 rings (SSSR count). The standard InChI is InChI=1S/C15H25N3O/c1-13(2)18-10-5-6-14(12-18)15(19)16-7-11-17-8-3-4-9-17/h3-4,8-9,13-14H,5-7,10-12H2,1-2H3,(H,16,19)/t14-/m1/s1. The zero-order valence-electron chi connectivity index (χ0n) is 12.0. The van der Waals surface area contributed by atoms with Gasteiger partial charge in [0, 0.05) is 38.1 Å². The van der Waals surface area contributed by atoms with E-state index in [4.69, 9.17) is 0 Å². The molecular formula is C15H25N3O. The number of aromatic nitrogens is 1. The summed E-state index contributed by atoms with van der Waals surface area (Å²) in [5.41, 5.74) is 0. The van der Waals surface area contributed by atoms with Gasteiger partial charge in [-0.25, -0.2) is 0 Å². The van der Waals surface area contributed by atoms with Gasteiger partial charge < -0.3 is 14.8 Å². The molecule has 1 aromatic rings. The summed E-state index contributed by atoms with van der Waals surface area (Å²) in [7, 11) is 0. The van der Waals surface area contributed by atoms with Crippen molar-refractivity contribution in [1.82, 2.24) is 14.8 Å². The number of hydrogen-bond donors (Lipinski definition) is 1. The summed E-state index contributed by atoms with van der Waals surface area (Å²) in [5.74, 6) is 0.387. The van der Waals surface area contributed by atoms with Gasteiger partial charge in [-0.05, 0) is 45.4 Å². The summed E-state index contributed by atoms with van der Waals surface area (Å²) < 4.78 is 2.08. The number of piperidine rings is 1. The van der Waals surface area contributed by atoms with Crippen LogP contribution in [0.1, 0.15) is 26.7 Å². The van der Waals surface area contributed by atoms with Crippen LogP contribution in [-0.2, 0) is 11.3 Å². The van der Waals surface area contributed by atoms with Gasteiger partial charge in [0.1, 0.15) is 0 Å². The average molecular weight is 263 g/mol. The highest BCUT2D eigenvalue weighted by Gasteiger charge is 2.26. The third-order valence-electron chi connectivity index (χ3n) is 3.89. The van der Waals surface area contributed by atoms with Gasteiger partial charge in [0.25, 0.3) is 0 Å². The van der Waals surface area contributed by atoms with E-state index < -0.39 is 0 Å². The van der Waals surface area contributed by atoms with Crippen molar-refractivity contribution < 1.29 is 4.79 Å².